The maximum absolute atomic E-state index is 13.5. The van der Waals surface area contributed by atoms with Crippen LogP contribution >= 0.6 is 11.6 Å². The van der Waals surface area contributed by atoms with Gasteiger partial charge in [0.05, 0.1) is 30.9 Å². The number of para-hydroxylation sites is 2. The number of aromatic nitrogens is 2. The van der Waals surface area contributed by atoms with Crippen LogP contribution in [0.2, 0.25) is 5.02 Å². The van der Waals surface area contributed by atoms with Crippen LogP contribution in [0.5, 0.6) is 5.75 Å². The van der Waals surface area contributed by atoms with Crippen molar-refractivity contribution in [3.05, 3.63) is 117 Å². The van der Waals surface area contributed by atoms with E-state index in [2.05, 4.69) is 0 Å². The van der Waals surface area contributed by atoms with Crippen LogP contribution in [-0.4, -0.2) is 33.3 Å². The van der Waals surface area contributed by atoms with E-state index < -0.39 is 0 Å². The van der Waals surface area contributed by atoms with Crippen LogP contribution in [0.25, 0.3) is 5.69 Å². The lowest BCUT2D eigenvalue weighted by Gasteiger charge is -2.28. The predicted molar refractivity (Wildman–Crippen MR) is 136 cm³/mol. The molecule has 6 nitrogen and oxygen atoms in total. The lowest BCUT2D eigenvalue weighted by molar-refractivity contribution is -0.131. The van der Waals surface area contributed by atoms with Crippen LogP contribution in [-0.2, 0) is 30.7 Å². The number of hydrogen-bond acceptors (Lipinski definition) is 3. The van der Waals surface area contributed by atoms with Crippen LogP contribution in [0.15, 0.2) is 89.7 Å². The fraction of sp³-hybridized carbons (Fsp3) is 0.214. The molecule has 7 heteroatoms. The second kappa shape index (κ2) is 10.2. The van der Waals surface area contributed by atoms with Gasteiger partial charge >= 0.3 is 0 Å². The monoisotopic (exact) mass is 487 g/mol. The first-order chi connectivity index (χ1) is 17.1. The lowest BCUT2D eigenvalue weighted by atomic mass is 10.1. The summed E-state index contributed by atoms with van der Waals surface area (Å²) >= 11 is 6.10. The Morgan fingerprint density at radius 1 is 0.943 bits per heavy atom. The fourth-order valence-electron chi connectivity index (χ4n) is 4.55. The van der Waals surface area contributed by atoms with Gasteiger partial charge in [0.15, 0.2) is 0 Å². The third-order valence-electron chi connectivity index (χ3n) is 6.24. The standard InChI is InChI=1S/C28H26ClN3O3/c29-22-9-7-8-21(18-22)19-27(33)30-15-14-25-26(20-30)31(16-17-35-24-12-5-2-6-13-24)32(28(25)34)23-10-3-1-4-11-23/h1-13,18H,14-17,19-20H2. The summed E-state index contributed by atoms with van der Waals surface area (Å²) < 4.78 is 9.62. The van der Waals surface area contributed by atoms with Gasteiger partial charge in [-0.1, -0.05) is 60.1 Å². The number of ether oxygens (including phenoxy) is 1. The summed E-state index contributed by atoms with van der Waals surface area (Å²) in [6.45, 7) is 1.77. The molecule has 0 saturated carbocycles. The van der Waals surface area contributed by atoms with Crippen LogP contribution in [0.3, 0.4) is 0 Å². The number of carbonyl (C=O) groups is 1. The van der Waals surface area contributed by atoms with Gasteiger partial charge in [-0.3, -0.25) is 14.3 Å². The van der Waals surface area contributed by atoms with Gasteiger partial charge in [-0.05, 0) is 48.4 Å². The van der Waals surface area contributed by atoms with E-state index in [4.69, 9.17) is 16.3 Å². The molecule has 0 N–H and O–H groups in total. The molecule has 35 heavy (non-hydrogen) atoms. The number of halogens is 1. The van der Waals surface area contributed by atoms with Gasteiger partial charge < -0.3 is 9.64 Å². The van der Waals surface area contributed by atoms with Gasteiger partial charge in [-0.2, -0.15) is 0 Å². The molecular weight excluding hydrogens is 462 g/mol. The summed E-state index contributed by atoms with van der Waals surface area (Å²) in [5, 5.41) is 0.614. The Bertz CT molecular complexity index is 1380. The fourth-order valence-corrected chi connectivity index (χ4v) is 4.76. The van der Waals surface area contributed by atoms with E-state index in [1.54, 1.807) is 10.7 Å². The molecule has 5 rings (SSSR count). The second-order valence-corrected chi connectivity index (χ2v) is 8.97. The van der Waals surface area contributed by atoms with Gasteiger partial charge in [0.1, 0.15) is 12.4 Å². The minimum absolute atomic E-state index is 0.0184. The van der Waals surface area contributed by atoms with Crippen molar-refractivity contribution in [2.24, 2.45) is 0 Å². The molecule has 0 radical (unpaired) electrons. The van der Waals surface area contributed by atoms with Crippen LogP contribution in [0.1, 0.15) is 16.8 Å². The summed E-state index contributed by atoms with van der Waals surface area (Å²) in [6, 6.07) is 26.6. The van der Waals surface area contributed by atoms with Crippen LogP contribution in [0.4, 0.5) is 0 Å². The molecule has 0 atom stereocenters. The number of amides is 1. The molecule has 2 heterocycles. The summed E-state index contributed by atoms with van der Waals surface area (Å²) in [7, 11) is 0. The van der Waals surface area contributed by atoms with Gasteiger partial charge in [-0.25, -0.2) is 4.68 Å². The molecule has 0 spiro atoms. The first kappa shape index (κ1) is 23.0. The number of hydrogen-bond donors (Lipinski definition) is 0. The normalized spacial score (nSPS) is 12.9. The van der Waals surface area contributed by atoms with Crippen molar-refractivity contribution < 1.29 is 9.53 Å². The van der Waals surface area contributed by atoms with Crippen molar-refractivity contribution in [3.63, 3.8) is 0 Å². The van der Waals surface area contributed by atoms with Crippen molar-refractivity contribution in [2.75, 3.05) is 13.2 Å². The minimum atomic E-state index is -0.0344. The molecule has 0 saturated heterocycles. The zero-order valence-electron chi connectivity index (χ0n) is 19.3. The molecule has 1 amide bonds. The highest BCUT2D eigenvalue weighted by atomic mass is 35.5. The Hall–Kier alpha value is -3.77. The number of nitrogens with zero attached hydrogens (tertiary/aromatic N) is 3. The van der Waals surface area contributed by atoms with Crippen molar-refractivity contribution >= 4 is 17.5 Å². The first-order valence-electron chi connectivity index (χ1n) is 11.7. The lowest BCUT2D eigenvalue weighted by Crippen LogP contribution is -2.38. The average molecular weight is 488 g/mol. The van der Waals surface area contributed by atoms with E-state index in [1.807, 2.05) is 88.4 Å². The number of fused-ring (bicyclic) bond motifs is 1. The highest BCUT2D eigenvalue weighted by Gasteiger charge is 2.29. The Labute approximate surface area is 208 Å². The minimum Gasteiger partial charge on any atom is -0.492 e. The average Bonchev–Trinajstić information content (AvgIpc) is 3.16. The third kappa shape index (κ3) is 5.03. The molecule has 1 aromatic heterocycles. The quantitative estimate of drug-likeness (QED) is 0.385. The molecule has 4 aromatic rings. The maximum atomic E-state index is 13.5. The van der Waals surface area contributed by atoms with E-state index in [9.17, 15) is 9.59 Å². The molecule has 0 aliphatic carbocycles. The topological polar surface area (TPSA) is 56.5 Å². The number of rotatable bonds is 7. The third-order valence-corrected chi connectivity index (χ3v) is 6.47. The van der Waals surface area contributed by atoms with Crippen molar-refractivity contribution in [1.29, 1.82) is 0 Å². The van der Waals surface area contributed by atoms with Crippen molar-refractivity contribution in [3.8, 4) is 11.4 Å². The van der Waals surface area contributed by atoms with E-state index in [-0.39, 0.29) is 17.9 Å². The van der Waals surface area contributed by atoms with Crippen molar-refractivity contribution in [2.45, 2.75) is 25.9 Å². The Morgan fingerprint density at radius 3 is 2.43 bits per heavy atom. The van der Waals surface area contributed by atoms with E-state index in [1.165, 1.54) is 0 Å². The molecular formula is C28H26ClN3O3. The van der Waals surface area contributed by atoms with Gasteiger partial charge in [-0.15, -0.1) is 0 Å². The highest BCUT2D eigenvalue weighted by Crippen LogP contribution is 2.21. The Kier molecular flexibility index (Phi) is 6.73. The Morgan fingerprint density at radius 2 is 1.69 bits per heavy atom. The Balaban J connectivity index is 1.43. The molecule has 3 aromatic carbocycles. The van der Waals surface area contributed by atoms with Gasteiger partial charge in [0.2, 0.25) is 5.91 Å². The summed E-state index contributed by atoms with van der Waals surface area (Å²) in [5.41, 5.74) is 3.27. The SMILES string of the molecule is O=C(Cc1cccc(Cl)c1)N1CCc2c(n(CCOc3ccccc3)n(-c3ccccc3)c2=O)C1. The van der Waals surface area contributed by atoms with Gasteiger partial charge in [0, 0.05) is 17.1 Å². The largest absolute Gasteiger partial charge is 0.492 e. The zero-order valence-corrected chi connectivity index (χ0v) is 20.0. The van der Waals surface area contributed by atoms with Gasteiger partial charge in [0.25, 0.3) is 5.56 Å². The number of benzene rings is 3. The summed E-state index contributed by atoms with van der Waals surface area (Å²) in [5.74, 6) is 0.797. The molecule has 178 valence electrons. The smallest absolute Gasteiger partial charge is 0.274 e. The molecule has 1 aliphatic heterocycles. The second-order valence-electron chi connectivity index (χ2n) is 8.53. The highest BCUT2D eigenvalue weighted by molar-refractivity contribution is 6.30. The van der Waals surface area contributed by atoms with E-state index >= 15 is 0 Å². The van der Waals surface area contributed by atoms with E-state index in [0.717, 1.165) is 28.3 Å². The summed E-state index contributed by atoms with van der Waals surface area (Å²) in [6.07, 6.45) is 0.797. The summed E-state index contributed by atoms with van der Waals surface area (Å²) in [4.78, 5) is 28.4. The van der Waals surface area contributed by atoms with E-state index in [0.29, 0.717) is 37.7 Å². The first-order valence-corrected chi connectivity index (χ1v) is 12.1. The van der Waals surface area contributed by atoms with Crippen LogP contribution in [0, 0.1) is 0 Å². The van der Waals surface area contributed by atoms with Crippen molar-refractivity contribution in [1.82, 2.24) is 14.3 Å². The maximum Gasteiger partial charge on any atom is 0.274 e. The zero-order chi connectivity index (χ0) is 24.2. The molecule has 1 aliphatic rings. The predicted octanol–water partition coefficient (Wildman–Crippen LogP) is 4.50. The molecule has 0 unspecified atom stereocenters. The number of carbonyl (C=O) groups excluding carboxylic acids is 1. The van der Waals surface area contributed by atoms with Crippen LogP contribution < -0.4 is 10.3 Å². The molecule has 0 bridgehead atoms. The molecule has 0 fully saturated rings.